The van der Waals surface area contributed by atoms with Crippen molar-refractivity contribution < 1.29 is 14.3 Å². The second-order valence-electron chi connectivity index (χ2n) is 4.98. The number of benzene rings is 1. The minimum atomic E-state index is -0.295. The van der Waals surface area contributed by atoms with Crippen LogP contribution in [0, 0.1) is 17.2 Å². The first-order valence-electron chi connectivity index (χ1n) is 6.80. The molecule has 6 heteroatoms. The number of carbonyl (C=O) groups is 2. The molecule has 0 saturated carbocycles. The molecule has 0 aliphatic carbocycles. The lowest BCUT2D eigenvalue weighted by atomic mass is 9.96. The lowest BCUT2D eigenvalue weighted by molar-refractivity contribution is -0.136. The number of rotatable bonds is 4. The van der Waals surface area contributed by atoms with Crippen molar-refractivity contribution in [3.8, 4) is 11.8 Å². The average Bonchev–Trinajstić information content (AvgIpc) is 2.53. The smallest absolute Gasteiger partial charge is 0.260 e. The van der Waals surface area contributed by atoms with Crippen LogP contribution in [0.15, 0.2) is 24.3 Å². The zero-order valence-corrected chi connectivity index (χ0v) is 11.6. The van der Waals surface area contributed by atoms with Gasteiger partial charge in [0, 0.05) is 19.0 Å². The van der Waals surface area contributed by atoms with E-state index in [1.807, 2.05) is 6.07 Å². The highest BCUT2D eigenvalue weighted by Gasteiger charge is 2.25. The van der Waals surface area contributed by atoms with Crippen molar-refractivity contribution in [3.05, 3.63) is 29.8 Å². The number of amides is 2. The van der Waals surface area contributed by atoms with E-state index in [9.17, 15) is 9.59 Å². The molecule has 1 aromatic carbocycles. The molecule has 0 radical (unpaired) electrons. The van der Waals surface area contributed by atoms with E-state index in [-0.39, 0.29) is 24.3 Å². The lowest BCUT2D eigenvalue weighted by Gasteiger charge is -2.30. The van der Waals surface area contributed by atoms with Crippen molar-refractivity contribution in [2.24, 2.45) is 11.7 Å². The fourth-order valence-electron chi connectivity index (χ4n) is 2.28. The Kier molecular flexibility index (Phi) is 4.77. The molecule has 2 rings (SSSR count). The average molecular weight is 287 g/mol. The molecule has 6 nitrogen and oxygen atoms in total. The summed E-state index contributed by atoms with van der Waals surface area (Å²) in [7, 11) is 0. The summed E-state index contributed by atoms with van der Waals surface area (Å²) in [6.45, 7) is 1.01. The molecule has 2 N–H and O–H groups in total. The summed E-state index contributed by atoms with van der Waals surface area (Å²) >= 11 is 0. The topological polar surface area (TPSA) is 96.4 Å². The predicted octanol–water partition coefficient (Wildman–Crippen LogP) is 0.661. The summed E-state index contributed by atoms with van der Waals surface area (Å²) in [6.07, 6.45) is 1.22. The highest BCUT2D eigenvalue weighted by atomic mass is 16.5. The number of piperidine rings is 1. The first-order chi connectivity index (χ1) is 10.1. The van der Waals surface area contributed by atoms with Crippen molar-refractivity contribution >= 4 is 11.8 Å². The van der Waals surface area contributed by atoms with Gasteiger partial charge in [-0.2, -0.15) is 5.26 Å². The van der Waals surface area contributed by atoms with Crippen LogP contribution in [-0.4, -0.2) is 36.4 Å². The third-order valence-corrected chi connectivity index (χ3v) is 3.60. The number of likely N-dealkylation sites (tertiary alicyclic amines) is 1. The minimum absolute atomic E-state index is 0.0485. The van der Waals surface area contributed by atoms with Crippen molar-refractivity contribution in [2.75, 3.05) is 19.7 Å². The number of primary amides is 1. The summed E-state index contributed by atoms with van der Waals surface area (Å²) in [6, 6.07) is 8.61. The Balaban J connectivity index is 1.80. The number of nitrogens with zero attached hydrogens (tertiary/aromatic N) is 2. The van der Waals surface area contributed by atoms with Gasteiger partial charge in [0.05, 0.1) is 11.6 Å². The highest BCUT2D eigenvalue weighted by molar-refractivity contribution is 5.79. The van der Waals surface area contributed by atoms with E-state index in [4.69, 9.17) is 15.7 Å². The molecule has 110 valence electrons. The van der Waals surface area contributed by atoms with Gasteiger partial charge in [-0.1, -0.05) is 0 Å². The summed E-state index contributed by atoms with van der Waals surface area (Å²) in [5.74, 6) is 0.0149. The van der Waals surface area contributed by atoms with Crippen molar-refractivity contribution in [1.29, 1.82) is 5.26 Å². The molecule has 1 aromatic rings. The second-order valence-corrected chi connectivity index (χ2v) is 4.98. The van der Waals surface area contributed by atoms with Crippen LogP contribution in [0.1, 0.15) is 18.4 Å². The highest BCUT2D eigenvalue weighted by Crippen LogP contribution is 2.17. The van der Waals surface area contributed by atoms with Crippen molar-refractivity contribution in [2.45, 2.75) is 12.8 Å². The normalized spacial score (nSPS) is 15.3. The van der Waals surface area contributed by atoms with Crippen LogP contribution < -0.4 is 10.5 Å². The molecule has 0 unspecified atom stereocenters. The molecule has 21 heavy (non-hydrogen) atoms. The number of hydrogen-bond acceptors (Lipinski definition) is 4. The number of carbonyl (C=O) groups excluding carboxylic acids is 2. The van der Waals surface area contributed by atoms with E-state index >= 15 is 0 Å². The Bertz CT molecular complexity index is 555. The van der Waals surface area contributed by atoms with E-state index in [0.717, 1.165) is 0 Å². The second kappa shape index (κ2) is 6.75. The molecule has 0 bridgehead atoms. The monoisotopic (exact) mass is 287 g/mol. The van der Waals surface area contributed by atoms with Gasteiger partial charge in [0.15, 0.2) is 6.61 Å². The third kappa shape index (κ3) is 3.96. The Labute approximate surface area is 123 Å². The fraction of sp³-hybridized carbons (Fsp3) is 0.400. The number of hydrogen-bond donors (Lipinski definition) is 1. The number of nitriles is 1. The van der Waals surface area contributed by atoms with E-state index in [0.29, 0.717) is 37.2 Å². The largest absolute Gasteiger partial charge is 0.484 e. The van der Waals surface area contributed by atoms with E-state index in [2.05, 4.69) is 0 Å². The van der Waals surface area contributed by atoms with E-state index < -0.39 is 0 Å². The quantitative estimate of drug-likeness (QED) is 0.879. The molecular formula is C15H17N3O3. The van der Waals surface area contributed by atoms with Crippen LogP contribution >= 0.6 is 0 Å². The van der Waals surface area contributed by atoms with Crippen LogP contribution in [0.5, 0.6) is 5.75 Å². The predicted molar refractivity (Wildman–Crippen MR) is 75.2 cm³/mol. The molecule has 0 atom stereocenters. The third-order valence-electron chi connectivity index (χ3n) is 3.60. The number of ether oxygens (including phenoxy) is 1. The van der Waals surface area contributed by atoms with Crippen LogP contribution in [-0.2, 0) is 9.59 Å². The first-order valence-corrected chi connectivity index (χ1v) is 6.80. The molecule has 1 aliphatic rings. The van der Waals surface area contributed by atoms with E-state index in [1.165, 1.54) is 0 Å². The Morgan fingerprint density at radius 3 is 2.43 bits per heavy atom. The van der Waals surface area contributed by atoms with Gasteiger partial charge in [-0.3, -0.25) is 9.59 Å². The Morgan fingerprint density at radius 2 is 1.90 bits per heavy atom. The standard InChI is InChI=1S/C15H17N3O3/c16-9-11-1-3-13(4-2-11)21-10-14(19)18-7-5-12(6-8-18)15(17)20/h1-4,12H,5-8,10H2,(H2,17,20). The maximum atomic E-state index is 12.0. The van der Waals surface area contributed by atoms with Gasteiger partial charge in [-0.25, -0.2) is 0 Å². The van der Waals surface area contributed by atoms with Gasteiger partial charge in [-0.05, 0) is 37.1 Å². The molecule has 1 saturated heterocycles. The molecular weight excluding hydrogens is 270 g/mol. The molecule has 1 fully saturated rings. The summed E-state index contributed by atoms with van der Waals surface area (Å²) in [4.78, 5) is 24.8. The summed E-state index contributed by atoms with van der Waals surface area (Å²) < 4.78 is 5.40. The maximum absolute atomic E-state index is 12.0. The Hall–Kier alpha value is -2.55. The Morgan fingerprint density at radius 1 is 1.29 bits per heavy atom. The van der Waals surface area contributed by atoms with Crippen molar-refractivity contribution in [3.63, 3.8) is 0 Å². The molecule has 0 spiro atoms. The van der Waals surface area contributed by atoms with Gasteiger partial charge in [0.1, 0.15) is 5.75 Å². The van der Waals surface area contributed by atoms with Gasteiger partial charge in [-0.15, -0.1) is 0 Å². The first kappa shape index (κ1) is 14.9. The maximum Gasteiger partial charge on any atom is 0.260 e. The van der Waals surface area contributed by atoms with Crippen LogP contribution in [0.4, 0.5) is 0 Å². The summed E-state index contributed by atoms with van der Waals surface area (Å²) in [5.41, 5.74) is 5.80. The summed E-state index contributed by atoms with van der Waals surface area (Å²) in [5, 5.41) is 8.69. The SMILES string of the molecule is N#Cc1ccc(OCC(=O)N2CCC(C(N)=O)CC2)cc1. The zero-order chi connectivity index (χ0) is 15.2. The zero-order valence-electron chi connectivity index (χ0n) is 11.6. The molecule has 1 heterocycles. The molecule has 2 amide bonds. The number of nitrogens with two attached hydrogens (primary N) is 1. The van der Waals surface area contributed by atoms with Gasteiger partial charge >= 0.3 is 0 Å². The van der Waals surface area contributed by atoms with Crippen molar-refractivity contribution in [1.82, 2.24) is 4.90 Å². The molecule has 1 aliphatic heterocycles. The fourth-order valence-corrected chi connectivity index (χ4v) is 2.28. The van der Waals surface area contributed by atoms with Crippen LogP contribution in [0.3, 0.4) is 0 Å². The van der Waals surface area contributed by atoms with Crippen LogP contribution in [0.25, 0.3) is 0 Å². The molecule has 0 aromatic heterocycles. The van der Waals surface area contributed by atoms with Gasteiger partial charge < -0.3 is 15.4 Å². The van der Waals surface area contributed by atoms with Crippen LogP contribution in [0.2, 0.25) is 0 Å². The van der Waals surface area contributed by atoms with Gasteiger partial charge in [0.2, 0.25) is 5.91 Å². The lowest BCUT2D eigenvalue weighted by Crippen LogP contribution is -2.43. The van der Waals surface area contributed by atoms with Gasteiger partial charge in [0.25, 0.3) is 5.91 Å². The van der Waals surface area contributed by atoms with E-state index in [1.54, 1.807) is 29.2 Å². The minimum Gasteiger partial charge on any atom is -0.484 e.